The first-order valence-corrected chi connectivity index (χ1v) is 8.56. The van der Waals surface area contributed by atoms with Crippen LogP contribution in [0, 0.1) is 0 Å². The van der Waals surface area contributed by atoms with Crippen LogP contribution in [0.1, 0.15) is 31.2 Å². The monoisotopic (exact) mass is 343 g/mol. The summed E-state index contributed by atoms with van der Waals surface area (Å²) in [6, 6.07) is 4.37. The van der Waals surface area contributed by atoms with E-state index in [1.807, 2.05) is 13.0 Å². The molecule has 7 heteroatoms. The first-order chi connectivity index (χ1) is 11.6. The molecule has 0 fully saturated rings. The molecule has 1 N–H and O–H groups in total. The first-order valence-electron chi connectivity index (χ1n) is 7.75. The van der Waals surface area contributed by atoms with Crippen LogP contribution >= 0.6 is 11.3 Å². The molecule has 124 valence electrons. The Kier molecular flexibility index (Phi) is 4.44. The van der Waals surface area contributed by atoms with Crippen molar-refractivity contribution in [1.29, 1.82) is 0 Å². The highest BCUT2D eigenvalue weighted by atomic mass is 32.1. The van der Waals surface area contributed by atoms with E-state index >= 15 is 0 Å². The second-order valence-electron chi connectivity index (χ2n) is 5.40. The van der Waals surface area contributed by atoms with E-state index in [0.717, 1.165) is 11.3 Å². The summed E-state index contributed by atoms with van der Waals surface area (Å²) in [5.74, 6) is -0.698. The van der Waals surface area contributed by atoms with E-state index < -0.39 is 12.0 Å². The number of fused-ring (bicyclic) bond motifs is 1. The molecule has 3 aromatic heterocycles. The van der Waals surface area contributed by atoms with Gasteiger partial charge in [0, 0.05) is 22.8 Å². The van der Waals surface area contributed by atoms with Crippen LogP contribution in [0.4, 0.5) is 0 Å². The number of rotatable bonds is 5. The second kappa shape index (κ2) is 6.52. The lowest BCUT2D eigenvalue weighted by Crippen LogP contribution is -2.31. The van der Waals surface area contributed by atoms with Gasteiger partial charge in [0.2, 0.25) is 0 Å². The lowest BCUT2D eigenvalue weighted by molar-refractivity contribution is -0.141. The summed E-state index contributed by atoms with van der Waals surface area (Å²) in [7, 11) is 0. The molecule has 0 amide bonds. The predicted molar refractivity (Wildman–Crippen MR) is 93.5 cm³/mol. The van der Waals surface area contributed by atoms with E-state index in [9.17, 15) is 14.7 Å². The third-order valence-electron chi connectivity index (χ3n) is 3.90. The SMILES string of the molecule is CCc1cc2c(=O)n(C(CC)C(=O)O)c(-c3cccnc3)nc2s1. The van der Waals surface area contributed by atoms with E-state index in [2.05, 4.69) is 9.97 Å². The molecule has 6 nitrogen and oxygen atoms in total. The van der Waals surface area contributed by atoms with Gasteiger partial charge in [0.15, 0.2) is 0 Å². The average molecular weight is 343 g/mol. The number of nitrogens with zero attached hydrogens (tertiary/aromatic N) is 3. The van der Waals surface area contributed by atoms with E-state index in [4.69, 9.17) is 0 Å². The summed E-state index contributed by atoms with van der Waals surface area (Å²) < 4.78 is 1.29. The van der Waals surface area contributed by atoms with Crippen LogP contribution in [0.5, 0.6) is 0 Å². The van der Waals surface area contributed by atoms with Gasteiger partial charge in [-0.05, 0) is 31.0 Å². The number of hydrogen-bond acceptors (Lipinski definition) is 5. The molecule has 0 aromatic carbocycles. The van der Waals surface area contributed by atoms with Crippen molar-refractivity contribution in [2.75, 3.05) is 0 Å². The molecule has 3 heterocycles. The molecule has 0 aliphatic heterocycles. The van der Waals surface area contributed by atoms with Crippen LogP contribution in [0.3, 0.4) is 0 Å². The number of aromatic nitrogens is 3. The lowest BCUT2D eigenvalue weighted by atomic mass is 10.1. The molecule has 0 radical (unpaired) electrons. The number of carboxylic acid groups (broad SMARTS) is 1. The maximum absolute atomic E-state index is 13.0. The molecule has 1 atom stereocenters. The second-order valence-corrected chi connectivity index (χ2v) is 6.51. The minimum Gasteiger partial charge on any atom is -0.480 e. The third kappa shape index (κ3) is 2.71. The Hall–Kier alpha value is -2.54. The van der Waals surface area contributed by atoms with Gasteiger partial charge < -0.3 is 5.11 Å². The van der Waals surface area contributed by atoms with Crippen LogP contribution < -0.4 is 5.56 Å². The Balaban J connectivity index is 2.39. The molecule has 0 saturated carbocycles. The number of aryl methyl sites for hydroxylation is 1. The largest absolute Gasteiger partial charge is 0.480 e. The van der Waals surface area contributed by atoms with Gasteiger partial charge in [0.25, 0.3) is 5.56 Å². The predicted octanol–water partition coefficient (Wildman–Crippen LogP) is 3.12. The topological polar surface area (TPSA) is 85.1 Å². The molecule has 3 rings (SSSR count). The quantitative estimate of drug-likeness (QED) is 0.769. The summed E-state index contributed by atoms with van der Waals surface area (Å²) in [6.45, 7) is 3.75. The smallest absolute Gasteiger partial charge is 0.326 e. The Morgan fingerprint density at radius 3 is 2.79 bits per heavy atom. The van der Waals surface area contributed by atoms with Crippen LogP contribution in [0.15, 0.2) is 35.4 Å². The van der Waals surface area contributed by atoms with E-state index in [1.54, 1.807) is 31.5 Å². The van der Waals surface area contributed by atoms with Gasteiger partial charge in [0.05, 0.1) is 5.39 Å². The Morgan fingerprint density at radius 1 is 1.42 bits per heavy atom. The van der Waals surface area contributed by atoms with Crippen molar-refractivity contribution >= 4 is 27.5 Å². The van der Waals surface area contributed by atoms with Crippen molar-refractivity contribution in [1.82, 2.24) is 14.5 Å². The van der Waals surface area contributed by atoms with Gasteiger partial charge in [0.1, 0.15) is 16.7 Å². The Labute approximate surface area is 142 Å². The number of carbonyl (C=O) groups is 1. The minimum atomic E-state index is -1.04. The maximum atomic E-state index is 13.0. The van der Waals surface area contributed by atoms with Crippen molar-refractivity contribution in [3.05, 3.63) is 45.8 Å². The highest BCUT2D eigenvalue weighted by molar-refractivity contribution is 7.18. The first kappa shape index (κ1) is 16.3. The van der Waals surface area contributed by atoms with Gasteiger partial charge in [-0.3, -0.25) is 14.3 Å². The van der Waals surface area contributed by atoms with Crippen molar-refractivity contribution in [3.63, 3.8) is 0 Å². The molecule has 0 aliphatic carbocycles. The van der Waals surface area contributed by atoms with Gasteiger partial charge in [-0.2, -0.15) is 0 Å². The van der Waals surface area contributed by atoms with Crippen molar-refractivity contribution in [2.24, 2.45) is 0 Å². The van der Waals surface area contributed by atoms with E-state index in [1.165, 1.54) is 15.9 Å². The number of carboxylic acids is 1. The van der Waals surface area contributed by atoms with Crippen LogP contribution in [-0.2, 0) is 11.2 Å². The number of hydrogen-bond donors (Lipinski definition) is 1. The molecular weight excluding hydrogens is 326 g/mol. The molecule has 0 spiro atoms. The number of aliphatic carboxylic acids is 1. The maximum Gasteiger partial charge on any atom is 0.326 e. The zero-order chi connectivity index (χ0) is 17.3. The highest BCUT2D eigenvalue weighted by Gasteiger charge is 2.25. The Morgan fingerprint density at radius 2 is 2.21 bits per heavy atom. The van der Waals surface area contributed by atoms with Crippen LogP contribution in [-0.4, -0.2) is 25.6 Å². The van der Waals surface area contributed by atoms with Crippen molar-refractivity contribution in [3.8, 4) is 11.4 Å². The van der Waals surface area contributed by atoms with Crippen molar-refractivity contribution in [2.45, 2.75) is 32.7 Å². The summed E-state index contributed by atoms with van der Waals surface area (Å²) in [6.07, 6.45) is 4.31. The number of thiophene rings is 1. The fourth-order valence-electron chi connectivity index (χ4n) is 2.67. The van der Waals surface area contributed by atoms with Crippen molar-refractivity contribution < 1.29 is 9.90 Å². The fraction of sp³-hybridized carbons (Fsp3) is 0.294. The molecule has 24 heavy (non-hydrogen) atoms. The average Bonchev–Trinajstić information content (AvgIpc) is 3.01. The standard InChI is InChI=1S/C17H17N3O3S/c1-3-11-8-12-15(24-11)19-14(10-6-5-7-18-9-10)20(16(12)21)13(4-2)17(22)23/h5-9,13H,3-4H2,1-2H3,(H,22,23). The van der Waals surface area contributed by atoms with Gasteiger partial charge >= 0.3 is 5.97 Å². The molecule has 0 aliphatic rings. The molecule has 1 unspecified atom stereocenters. The number of pyridine rings is 1. The van der Waals surface area contributed by atoms with Gasteiger partial charge in [-0.25, -0.2) is 9.78 Å². The van der Waals surface area contributed by atoms with E-state index in [-0.39, 0.29) is 5.56 Å². The zero-order valence-corrected chi connectivity index (χ0v) is 14.2. The van der Waals surface area contributed by atoms with Gasteiger partial charge in [-0.15, -0.1) is 11.3 Å². The third-order valence-corrected chi connectivity index (χ3v) is 5.07. The summed E-state index contributed by atoms with van der Waals surface area (Å²) >= 11 is 1.46. The van der Waals surface area contributed by atoms with Crippen LogP contribution in [0.2, 0.25) is 0 Å². The normalized spacial score (nSPS) is 12.4. The summed E-state index contributed by atoms with van der Waals surface area (Å²) in [5, 5.41) is 10.0. The van der Waals surface area contributed by atoms with Crippen LogP contribution in [0.25, 0.3) is 21.6 Å². The summed E-state index contributed by atoms with van der Waals surface area (Å²) in [5.41, 5.74) is 0.312. The molecule has 0 saturated heterocycles. The highest BCUT2D eigenvalue weighted by Crippen LogP contribution is 2.27. The Bertz CT molecular complexity index is 947. The fourth-order valence-corrected chi connectivity index (χ4v) is 3.63. The minimum absolute atomic E-state index is 0.292. The van der Waals surface area contributed by atoms with E-state index in [0.29, 0.717) is 28.0 Å². The molecule has 3 aromatic rings. The molecular formula is C17H17N3O3S. The lowest BCUT2D eigenvalue weighted by Gasteiger charge is -2.18. The molecule has 0 bridgehead atoms. The summed E-state index contributed by atoms with van der Waals surface area (Å²) in [4.78, 5) is 35.0. The zero-order valence-electron chi connectivity index (χ0n) is 13.4. The van der Waals surface area contributed by atoms with Gasteiger partial charge in [-0.1, -0.05) is 13.8 Å².